The summed E-state index contributed by atoms with van der Waals surface area (Å²) >= 11 is 1.32. The Labute approximate surface area is 156 Å². The maximum absolute atomic E-state index is 12.6. The number of hydrogen-bond acceptors (Lipinski definition) is 7. The molecule has 4 aromatic rings. The third-order valence-electron chi connectivity index (χ3n) is 4.70. The minimum absolute atomic E-state index is 0.0808. The van der Waals surface area contributed by atoms with Crippen molar-refractivity contribution >= 4 is 38.3 Å². The monoisotopic (exact) mass is 381 g/mol. The summed E-state index contributed by atoms with van der Waals surface area (Å²) in [5, 5.41) is 9.91. The number of ether oxygens (including phenoxy) is 1. The summed E-state index contributed by atoms with van der Waals surface area (Å²) in [5.41, 5.74) is 1.47. The second-order valence-electron chi connectivity index (χ2n) is 6.30. The summed E-state index contributed by atoms with van der Waals surface area (Å²) in [6.45, 7) is 2.55. The van der Waals surface area contributed by atoms with Crippen LogP contribution < -0.4 is 15.9 Å². The van der Waals surface area contributed by atoms with Crippen molar-refractivity contribution in [3.05, 3.63) is 56.3 Å². The Bertz CT molecular complexity index is 1270. The molecule has 1 aromatic carbocycles. The first kappa shape index (κ1) is 16.2. The second kappa shape index (κ2) is 6.33. The van der Waals surface area contributed by atoms with Crippen LogP contribution in [0.3, 0.4) is 0 Å². The molecule has 1 N–H and O–H groups in total. The smallest absolute Gasteiger partial charge is 0.272 e. The molecule has 0 radical (unpaired) electrons. The summed E-state index contributed by atoms with van der Waals surface area (Å²) in [7, 11) is 0. The highest BCUT2D eigenvalue weighted by atomic mass is 32.1. The van der Waals surface area contributed by atoms with E-state index in [-0.39, 0.29) is 11.0 Å². The number of rotatable bonds is 2. The zero-order valence-electron chi connectivity index (χ0n) is 14.2. The van der Waals surface area contributed by atoms with Gasteiger partial charge in [0.05, 0.1) is 24.2 Å². The number of benzene rings is 1. The molecular formula is C19H15N3O4S. The highest BCUT2D eigenvalue weighted by Crippen LogP contribution is 2.35. The van der Waals surface area contributed by atoms with Gasteiger partial charge in [0, 0.05) is 29.9 Å². The lowest BCUT2D eigenvalue weighted by molar-refractivity contribution is 0.121. The van der Waals surface area contributed by atoms with E-state index in [2.05, 4.69) is 10.2 Å². The highest BCUT2D eigenvalue weighted by molar-refractivity contribution is 7.17. The predicted octanol–water partition coefficient (Wildman–Crippen LogP) is 2.59. The van der Waals surface area contributed by atoms with Crippen LogP contribution in [0, 0.1) is 0 Å². The fourth-order valence-electron chi connectivity index (χ4n) is 3.35. The molecule has 0 aliphatic carbocycles. The minimum atomic E-state index is -0.246. The minimum Gasteiger partial charge on any atom is -0.439 e. The van der Waals surface area contributed by atoms with E-state index >= 15 is 0 Å². The van der Waals surface area contributed by atoms with Gasteiger partial charge in [-0.1, -0.05) is 18.2 Å². The lowest BCUT2D eigenvalue weighted by Crippen LogP contribution is -2.36. The summed E-state index contributed by atoms with van der Waals surface area (Å²) < 4.78 is 12.0. The van der Waals surface area contributed by atoms with Crippen LogP contribution in [-0.2, 0) is 4.74 Å². The third-order valence-corrected chi connectivity index (χ3v) is 5.68. The van der Waals surface area contributed by atoms with Gasteiger partial charge in [-0.3, -0.25) is 9.59 Å². The van der Waals surface area contributed by atoms with Crippen LogP contribution in [-0.4, -0.2) is 36.5 Å². The molecule has 0 atom stereocenters. The van der Waals surface area contributed by atoms with E-state index in [0.29, 0.717) is 59.1 Å². The molecule has 0 spiro atoms. The maximum Gasteiger partial charge on any atom is 0.272 e. The first-order valence-corrected chi connectivity index (χ1v) is 9.46. The molecule has 0 unspecified atom stereocenters. The summed E-state index contributed by atoms with van der Waals surface area (Å²) in [5.74, 6) is 0.532. The number of aromatic nitrogens is 2. The number of aromatic amines is 1. The molecule has 5 rings (SSSR count). The molecule has 0 amide bonds. The molecule has 7 nitrogen and oxygen atoms in total. The number of fused-ring (bicyclic) bond motifs is 2. The van der Waals surface area contributed by atoms with E-state index in [9.17, 15) is 9.59 Å². The third kappa shape index (κ3) is 2.65. The van der Waals surface area contributed by atoms with E-state index in [4.69, 9.17) is 9.15 Å². The number of H-pyrrole nitrogens is 1. The van der Waals surface area contributed by atoms with Crippen molar-refractivity contribution in [3.63, 3.8) is 0 Å². The maximum atomic E-state index is 12.6. The normalized spacial score (nSPS) is 14.9. The lowest BCUT2D eigenvalue weighted by Gasteiger charge is -2.27. The largest absolute Gasteiger partial charge is 0.439 e. The molecule has 1 aliphatic rings. The molecule has 27 heavy (non-hydrogen) atoms. The number of nitrogens with one attached hydrogen (secondary N) is 1. The van der Waals surface area contributed by atoms with E-state index in [1.807, 2.05) is 28.5 Å². The van der Waals surface area contributed by atoms with E-state index < -0.39 is 0 Å². The van der Waals surface area contributed by atoms with Gasteiger partial charge in [0.1, 0.15) is 10.4 Å². The summed E-state index contributed by atoms with van der Waals surface area (Å²) in [6, 6.07) is 8.80. The van der Waals surface area contributed by atoms with Crippen molar-refractivity contribution in [2.45, 2.75) is 0 Å². The van der Waals surface area contributed by atoms with Gasteiger partial charge >= 0.3 is 0 Å². The van der Waals surface area contributed by atoms with Gasteiger partial charge in [0.15, 0.2) is 11.5 Å². The van der Waals surface area contributed by atoms with Crippen LogP contribution in [0.15, 0.2) is 49.7 Å². The Balaban J connectivity index is 1.75. The Morgan fingerprint density at radius 3 is 2.70 bits per heavy atom. The quantitative estimate of drug-likeness (QED) is 0.574. The van der Waals surface area contributed by atoms with Gasteiger partial charge in [-0.2, -0.15) is 5.10 Å². The summed E-state index contributed by atoms with van der Waals surface area (Å²) in [4.78, 5) is 26.7. The number of nitrogens with zero attached hydrogens (tertiary/aromatic N) is 2. The molecular weight excluding hydrogens is 366 g/mol. The standard InChI is InChI=1S/C19H15N3O4S/c23-14-9-15(22-5-7-25-8-6-22)26-17-13(10-27-18(14)17)16-11-3-1-2-4-12(11)19(24)21-20-16/h1-4,9-10H,5-8H2,(H,21,24). The van der Waals surface area contributed by atoms with Crippen LogP contribution in [0.25, 0.3) is 32.3 Å². The molecule has 0 saturated carbocycles. The number of morpholine rings is 1. The molecule has 1 fully saturated rings. The van der Waals surface area contributed by atoms with Crippen LogP contribution in [0.5, 0.6) is 0 Å². The number of thiophene rings is 1. The zero-order chi connectivity index (χ0) is 18.4. The molecule has 1 aliphatic heterocycles. The molecule has 1 saturated heterocycles. The van der Waals surface area contributed by atoms with Crippen LogP contribution in [0.2, 0.25) is 0 Å². The van der Waals surface area contributed by atoms with Crippen molar-refractivity contribution in [3.8, 4) is 11.3 Å². The van der Waals surface area contributed by atoms with Gasteiger partial charge in [0.25, 0.3) is 5.56 Å². The summed E-state index contributed by atoms with van der Waals surface area (Å²) in [6.07, 6.45) is 0. The highest BCUT2D eigenvalue weighted by Gasteiger charge is 2.20. The van der Waals surface area contributed by atoms with E-state index in [0.717, 1.165) is 5.39 Å². The van der Waals surface area contributed by atoms with Crippen molar-refractivity contribution < 1.29 is 9.15 Å². The Hall–Kier alpha value is -2.97. The first-order valence-electron chi connectivity index (χ1n) is 8.58. The van der Waals surface area contributed by atoms with Gasteiger partial charge in [-0.15, -0.1) is 11.3 Å². The Morgan fingerprint density at radius 1 is 1.11 bits per heavy atom. The molecule has 3 aromatic heterocycles. The van der Waals surface area contributed by atoms with Crippen molar-refractivity contribution in [1.29, 1.82) is 0 Å². The predicted molar refractivity (Wildman–Crippen MR) is 105 cm³/mol. The fraction of sp³-hybridized carbons (Fsp3) is 0.211. The van der Waals surface area contributed by atoms with Crippen molar-refractivity contribution in [2.75, 3.05) is 31.2 Å². The van der Waals surface area contributed by atoms with Crippen molar-refractivity contribution in [2.24, 2.45) is 0 Å². The van der Waals surface area contributed by atoms with Crippen molar-refractivity contribution in [1.82, 2.24) is 10.2 Å². The van der Waals surface area contributed by atoms with Gasteiger partial charge < -0.3 is 14.1 Å². The first-order chi connectivity index (χ1) is 13.2. The average Bonchev–Trinajstić information content (AvgIpc) is 3.14. The zero-order valence-corrected chi connectivity index (χ0v) is 15.0. The van der Waals surface area contributed by atoms with E-state index in [1.165, 1.54) is 17.4 Å². The van der Waals surface area contributed by atoms with Crippen LogP contribution in [0.4, 0.5) is 5.88 Å². The van der Waals surface area contributed by atoms with Gasteiger partial charge in [0.2, 0.25) is 5.43 Å². The Kier molecular flexibility index (Phi) is 3.80. The van der Waals surface area contributed by atoms with Crippen LogP contribution >= 0.6 is 11.3 Å². The molecule has 0 bridgehead atoms. The SMILES string of the molecule is O=c1[nH]nc(-c2csc3c(=O)cc(N4CCOCC4)oc23)c2ccccc12. The topological polar surface area (TPSA) is 88.4 Å². The molecule has 4 heterocycles. The van der Waals surface area contributed by atoms with E-state index in [1.54, 1.807) is 6.07 Å². The second-order valence-corrected chi connectivity index (χ2v) is 7.18. The van der Waals surface area contributed by atoms with Crippen LogP contribution in [0.1, 0.15) is 0 Å². The molecule has 8 heteroatoms. The van der Waals surface area contributed by atoms with Gasteiger partial charge in [-0.25, -0.2) is 5.10 Å². The number of hydrogen-bond donors (Lipinski definition) is 1. The molecule has 136 valence electrons. The average molecular weight is 381 g/mol. The lowest BCUT2D eigenvalue weighted by atomic mass is 10.1. The Morgan fingerprint density at radius 2 is 1.89 bits per heavy atom. The van der Waals surface area contributed by atoms with Gasteiger partial charge in [-0.05, 0) is 6.07 Å². The fourth-order valence-corrected chi connectivity index (χ4v) is 4.24. The number of anilines is 1.